The summed E-state index contributed by atoms with van der Waals surface area (Å²) in [5.74, 6) is -3.51. The molecule has 1 aliphatic heterocycles. The van der Waals surface area contributed by atoms with Crippen LogP contribution in [0.1, 0.15) is 110 Å². The number of carbonyl (C=O) groups excluding carboxylic acids is 5. The van der Waals surface area contributed by atoms with Crippen molar-refractivity contribution >= 4 is 37.9 Å². The number of carbonyl (C=O) groups is 5. The monoisotopic (exact) mass is 811 g/mol. The third-order valence-corrected chi connectivity index (χ3v) is 18.5. The quantitative estimate of drug-likeness (QED) is 0.102. The summed E-state index contributed by atoms with van der Waals surface area (Å²) in [6.07, 6.45) is -1.35. The third kappa shape index (κ3) is 7.22. The Labute approximate surface area is 334 Å². The van der Waals surface area contributed by atoms with Crippen LogP contribution in [0.3, 0.4) is 0 Å². The average Bonchev–Trinajstić information content (AvgIpc) is 3.89. The first-order valence-corrected chi connectivity index (χ1v) is 22.6. The largest absolute Gasteiger partial charge is 0.467 e. The van der Waals surface area contributed by atoms with Crippen molar-refractivity contribution in [2.45, 2.75) is 148 Å². The summed E-state index contributed by atoms with van der Waals surface area (Å²) in [7, 11) is -2.40. The zero-order chi connectivity index (χ0) is 41.7. The van der Waals surface area contributed by atoms with E-state index in [1.54, 1.807) is 45.9 Å². The minimum absolute atomic E-state index is 0.00216. The van der Waals surface area contributed by atoms with Gasteiger partial charge in [0, 0.05) is 38.0 Å². The zero-order valence-corrected chi connectivity index (χ0v) is 35.4. The number of rotatable bonds is 13. The second-order valence-corrected chi connectivity index (χ2v) is 21.7. The summed E-state index contributed by atoms with van der Waals surface area (Å²) in [5, 5.41) is 16.0. The normalized spacial score (nSPS) is 32.4. The second kappa shape index (κ2) is 15.6. The Bertz CT molecular complexity index is 1880. The highest BCUT2D eigenvalue weighted by atomic mass is 28.4. The summed E-state index contributed by atoms with van der Waals surface area (Å²) < 4.78 is 42.5. The minimum atomic E-state index is -2.40. The Morgan fingerprint density at radius 1 is 0.965 bits per heavy atom. The minimum Gasteiger partial charge on any atom is -0.467 e. The van der Waals surface area contributed by atoms with Gasteiger partial charge in [0.1, 0.15) is 18.0 Å². The molecule has 2 N–H and O–H groups in total. The van der Waals surface area contributed by atoms with E-state index >= 15 is 4.79 Å². The van der Waals surface area contributed by atoms with E-state index in [0.29, 0.717) is 16.9 Å². The number of nitrogens with one attached hydrogen (secondary N) is 1. The second-order valence-electron chi connectivity index (χ2n) is 17.0. The van der Waals surface area contributed by atoms with Crippen LogP contribution in [0.15, 0.2) is 56.8 Å². The Morgan fingerprint density at radius 2 is 1.63 bits per heavy atom. The van der Waals surface area contributed by atoms with Gasteiger partial charge >= 0.3 is 17.9 Å². The van der Waals surface area contributed by atoms with Gasteiger partial charge in [0.25, 0.3) is 5.91 Å². The van der Waals surface area contributed by atoms with Crippen molar-refractivity contribution in [1.29, 1.82) is 0 Å². The molecule has 2 aromatic heterocycles. The molecule has 4 aliphatic rings. The van der Waals surface area contributed by atoms with Crippen LogP contribution in [-0.2, 0) is 42.6 Å². The number of Topliss-reactive ketones (excluding diaryl/α,β-unsaturated/α-hetero) is 1. The zero-order valence-electron chi connectivity index (χ0n) is 34.4. The van der Waals surface area contributed by atoms with E-state index in [2.05, 4.69) is 26.1 Å². The summed E-state index contributed by atoms with van der Waals surface area (Å²) in [6.45, 7) is 15.9. The van der Waals surface area contributed by atoms with Crippen molar-refractivity contribution in [2.24, 2.45) is 16.7 Å². The van der Waals surface area contributed by atoms with Gasteiger partial charge < -0.3 is 42.6 Å². The molecule has 15 heteroatoms. The van der Waals surface area contributed by atoms with Crippen LogP contribution >= 0.6 is 0 Å². The first-order valence-electron chi connectivity index (χ1n) is 20.0. The lowest BCUT2D eigenvalue weighted by atomic mass is 9.46. The van der Waals surface area contributed by atoms with E-state index < -0.39 is 96.3 Å². The van der Waals surface area contributed by atoms with Crippen LogP contribution in [0.4, 0.5) is 0 Å². The van der Waals surface area contributed by atoms with Gasteiger partial charge in [-0.3, -0.25) is 24.0 Å². The Kier molecular flexibility index (Phi) is 11.7. The predicted molar refractivity (Wildman–Crippen MR) is 206 cm³/mol. The molecule has 2 saturated carbocycles. The van der Waals surface area contributed by atoms with Crippen LogP contribution in [0.5, 0.6) is 0 Å². The molecule has 2 aromatic rings. The first-order chi connectivity index (χ1) is 26.8. The molecule has 0 radical (unpaired) electrons. The molecule has 9 atom stereocenters. The molecule has 312 valence electrons. The smallest absolute Gasteiger partial charge is 0.308 e. The van der Waals surface area contributed by atoms with Crippen molar-refractivity contribution in [2.75, 3.05) is 6.61 Å². The number of hydrogen-bond acceptors (Lipinski definition) is 13. The van der Waals surface area contributed by atoms with Gasteiger partial charge in [-0.25, -0.2) is 0 Å². The standard InChI is InChI=1S/C42H57NO13Si/c1-10-57(11-2,12-3)56-32-20-33-42(23-52-33,55-26(6)45)31-22-41(49)21-30(24(4)35(39(41,7)8)36(53-25(5)44)37(47)40(31,32)9)54-34(46)19-27(28-15-13-17-50-28)43-38(48)29-16-14-18-51-29/h13-18,27,30-33,36,49H,10-12,19-23H2,1-9H3,(H,43,48)/t27-,30+,31+,32+,33-,36-,40+,41-,42-/m1/s1. The van der Waals surface area contributed by atoms with Crippen molar-refractivity contribution < 1.29 is 61.3 Å². The van der Waals surface area contributed by atoms with E-state index in [0.717, 1.165) is 18.1 Å². The van der Waals surface area contributed by atoms with E-state index in [9.17, 15) is 24.3 Å². The summed E-state index contributed by atoms with van der Waals surface area (Å²) in [5.41, 5.74) is -4.85. The van der Waals surface area contributed by atoms with Gasteiger partial charge in [0.05, 0.1) is 48.7 Å². The Hall–Kier alpha value is -4.05. The van der Waals surface area contributed by atoms with Crippen molar-refractivity contribution in [3.05, 3.63) is 59.5 Å². The van der Waals surface area contributed by atoms with Crippen molar-refractivity contribution in [3.8, 4) is 0 Å². The number of furan rings is 2. The van der Waals surface area contributed by atoms with Crippen LogP contribution in [0.25, 0.3) is 0 Å². The highest BCUT2D eigenvalue weighted by Gasteiger charge is 2.74. The van der Waals surface area contributed by atoms with Gasteiger partial charge in [0.15, 0.2) is 31.6 Å². The van der Waals surface area contributed by atoms with E-state index in [4.69, 9.17) is 32.2 Å². The van der Waals surface area contributed by atoms with Gasteiger partial charge in [-0.15, -0.1) is 0 Å². The Morgan fingerprint density at radius 3 is 2.18 bits per heavy atom. The molecule has 0 spiro atoms. The summed E-state index contributed by atoms with van der Waals surface area (Å²) >= 11 is 0. The van der Waals surface area contributed by atoms with E-state index in [1.807, 2.05) is 0 Å². The fraction of sp³-hybridized carbons (Fsp3) is 0.643. The lowest BCUT2D eigenvalue weighted by Crippen LogP contribution is -2.78. The van der Waals surface area contributed by atoms with Gasteiger partial charge in [-0.2, -0.15) is 0 Å². The number of esters is 3. The molecule has 3 aliphatic carbocycles. The van der Waals surface area contributed by atoms with Crippen molar-refractivity contribution in [1.82, 2.24) is 5.32 Å². The Balaban J connectivity index is 1.44. The number of ketones is 1. The molecule has 14 nitrogen and oxygen atoms in total. The summed E-state index contributed by atoms with van der Waals surface area (Å²) in [6, 6.07) is 7.79. The molecule has 0 aromatic carbocycles. The fourth-order valence-corrected chi connectivity index (χ4v) is 13.1. The van der Waals surface area contributed by atoms with Crippen LogP contribution < -0.4 is 5.32 Å². The lowest BCUT2D eigenvalue weighted by Gasteiger charge is -2.66. The average molecular weight is 812 g/mol. The molecule has 3 heterocycles. The van der Waals surface area contributed by atoms with Gasteiger partial charge in [-0.05, 0) is 73.8 Å². The molecule has 57 heavy (non-hydrogen) atoms. The SMILES string of the molecule is CC[Si](CC)(CC)O[C@H]1C[C@H]2OC[C@@]2(OC(C)=O)[C@H]2C[C@]3(O)C[C@H](OC(=O)C[C@@H](NC(=O)c4ccco4)c4ccco4)C(C)=C([C@@H](OC(C)=O)C(=O)[C@]12C)C3(C)C. The molecular weight excluding hydrogens is 755 g/mol. The maximum Gasteiger partial charge on any atom is 0.308 e. The molecule has 2 bridgehead atoms. The number of aliphatic hydroxyl groups is 1. The number of amides is 1. The molecule has 0 unspecified atom stereocenters. The van der Waals surface area contributed by atoms with Crippen LogP contribution in [0.2, 0.25) is 18.1 Å². The van der Waals surface area contributed by atoms with Crippen LogP contribution in [-0.4, -0.2) is 85.2 Å². The molecule has 1 saturated heterocycles. The van der Waals surface area contributed by atoms with E-state index in [-0.39, 0.29) is 38.1 Å². The maximum absolute atomic E-state index is 15.7. The first kappa shape index (κ1) is 42.5. The lowest BCUT2D eigenvalue weighted by molar-refractivity contribution is -0.326. The van der Waals surface area contributed by atoms with Gasteiger partial charge in [-0.1, -0.05) is 34.6 Å². The van der Waals surface area contributed by atoms with E-state index in [1.165, 1.54) is 32.4 Å². The third-order valence-electron chi connectivity index (χ3n) is 13.8. The highest BCUT2D eigenvalue weighted by molar-refractivity contribution is 6.73. The topological polar surface area (TPSA) is 190 Å². The fourth-order valence-electron chi connectivity index (χ4n) is 10.1. The maximum atomic E-state index is 15.7. The summed E-state index contributed by atoms with van der Waals surface area (Å²) in [4.78, 5) is 68.5. The molecule has 1 amide bonds. The van der Waals surface area contributed by atoms with Gasteiger partial charge in [0.2, 0.25) is 0 Å². The van der Waals surface area contributed by atoms with Crippen molar-refractivity contribution in [3.63, 3.8) is 0 Å². The molecule has 3 fully saturated rings. The van der Waals surface area contributed by atoms with Crippen LogP contribution in [0, 0.1) is 16.7 Å². The molecular formula is C42H57NO13Si. The highest BCUT2D eigenvalue weighted by Crippen LogP contribution is 2.64. The predicted octanol–water partition coefficient (Wildman–Crippen LogP) is 6.14. The number of hydrogen-bond donors (Lipinski definition) is 2. The number of fused-ring (bicyclic) bond motifs is 5. The molecule has 6 rings (SSSR count). The number of ether oxygens (including phenoxy) is 4.